The smallest absolute Gasteiger partial charge is 0.138 e. The van der Waals surface area contributed by atoms with Gasteiger partial charge in [0.1, 0.15) is 11.6 Å². The summed E-state index contributed by atoms with van der Waals surface area (Å²) in [6, 6.07) is 20.5. The number of nitrogens with zero attached hydrogens (tertiary/aromatic N) is 2. The molecule has 0 amide bonds. The van der Waals surface area contributed by atoms with E-state index in [1.807, 2.05) is 43.4 Å². The van der Waals surface area contributed by atoms with E-state index in [1.54, 1.807) is 0 Å². The van der Waals surface area contributed by atoms with E-state index >= 15 is 0 Å². The lowest BCUT2D eigenvalue weighted by molar-refractivity contribution is 0.906. The second kappa shape index (κ2) is 5.21. The van der Waals surface area contributed by atoms with Crippen molar-refractivity contribution in [2.24, 2.45) is 0 Å². The molecule has 0 atom stereocenters. The molecule has 3 aromatic rings. The first-order valence-electron chi connectivity index (χ1n) is 6.64. The van der Waals surface area contributed by atoms with Gasteiger partial charge in [-0.05, 0) is 17.0 Å². The highest BCUT2D eigenvalue weighted by atomic mass is 15.2. The lowest BCUT2D eigenvalue weighted by atomic mass is 10.1. The zero-order valence-corrected chi connectivity index (χ0v) is 11.5. The van der Waals surface area contributed by atoms with Gasteiger partial charge in [0.25, 0.3) is 0 Å². The fourth-order valence-electron chi connectivity index (χ4n) is 2.42. The highest BCUT2D eigenvalue weighted by Gasteiger charge is 2.09. The molecule has 0 bridgehead atoms. The zero-order valence-electron chi connectivity index (χ0n) is 11.5. The van der Waals surface area contributed by atoms with Gasteiger partial charge in [-0.1, -0.05) is 54.6 Å². The third-order valence-electron chi connectivity index (χ3n) is 3.36. The summed E-state index contributed by atoms with van der Waals surface area (Å²) in [4.78, 5) is 6.63. The maximum absolute atomic E-state index is 5.92. The quantitative estimate of drug-likeness (QED) is 0.787. The molecular formula is C17H17N3. The van der Waals surface area contributed by atoms with Crippen molar-refractivity contribution in [1.82, 2.24) is 4.98 Å². The fourth-order valence-corrected chi connectivity index (χ4v) is 2.42. The number of benzene rings is 2. The fraction of sp³-hybridized carbons (Fsp3) is 0.118. The molecule has 0 radical (unpaired) electrons. The number of hydrogen-bond acceptors (Lipinski definition) is 3. The second-order valence-electron chi connectivity index (χ2n) is 4.93. The number of aromatic nitrogens is 1. The Morgan fingerprint density at radius 2 is 1.70 bits per heavy atom. The number of rotatable bonds is 3. The van der Waals surface area contributed by atoms with Gasteiger partial charge >= 0.3 is 0 Å². The molecule has 2 N–H and O–H groups in total. The maximum Gasteiger partial charge on any atom is 0.138 e. The third-order valence-corrected chi connectivity index (χ3v) is 3.36. The summed E-state index contributed by atoms with van der Waals surface area (Å²) in [5.74, 6) is 1.48. The van der Waals surface area contributed by atoms with Crippen LogP contribution in [0.25, 0.3) is 10.8 Å². The molecular weight excluding hydrogens is 246 g/mol. The van der Waals surface area contributed by atoms with Crippen LogP contribution in [0.4, 0.5) is 11.6 Å². The minimum atomic E-state index is 0.554. The van der Waals surface area contributed by atoms with Gasteiger partial charge in [-0.25, -0.2) is 4.98 Å². The number of hydrogen-bond donors (Lipinski definition) is 1. The van der Waals surface area contributed by atoms with E-state index in [-0.39, 0.29) is 0 Å². The van der Waals surface area contributed by atoms with Crippen LogP contribution in [0.2, 0.25) is 0 Å². The molecule has 100 valence electrons. The van der Waals surface area contributed by atoms with E-state index in [9.17, 15) is 0 Å². The van der Waals surface area contributed by atoms with Crippen molar-refractivity contribution in [2.75, 3.05) is 17.7 Å². The normalized spacial score (nSPS) is 10.7. The molecule has 3 rings (SSSR count). The molecule has 1 heterocycles. The Morgan fingerprint density at radius 1 is 1.00 bits per heavy atom. The molecule has 0 aliphatic carbocycles. The standard InChI is InChI=1S/C17H17N3/c1-20(12-13-7-3-2-4-8-13)17-15-10-6-5-9-14(15)11-16(18)19-17/h2-11H,12H2,1H3,(H2,18,19). The summed E-state index contributed by atoms with van der Waals surface area (Å²) in [6.07, 6.45) is 0. The van der Waals surface area contributed by atoms with Crippen LogP contribution in [0.5, 0.6) is 0 Å². The summed E-state index contributed by atoms with van der Waals surface area (Å²) in [6.45, 7) is 0.807. The summed E-state index contributed by atoms with van der Waals surface area (Å²) < 4.78 is 0. The van der Waals surface area contributed by atoms with Crippen molar-refractivity contribution in [1.29, 1.82) is 0 Å². The van der Waals surface area contributed by atoms with Gasteiger partial charge in [0, 0.05) is 19.0 Å². The van der Waals surface area contributed by atoms with Crippen molar-refractivity contribution >= 4 is 22.4 Å². The molecule has 0 aliphatic rings. The number of anilines is 2. The van der Waals surface area contributed by atoms with E-state index in [2.05, 4.69) is 34.1 Å². The van der Waals surface area contributed by atoms with E-state index < -0.39 is 0 Å². The second-order valence-corrected chi connectivity index (χ2v) is 4.93. The Kier molecular flexibility index (Phi) is 3.25. The molecule has 1 aromatic heterocycles. The van der Waals surface area contributed by atoms with Crippen LogP contribution < -0.4 is 10.6 Å². The lowest BCUT2D eigenvalue weighted by Gasteiger charge is -2.20. The number of nitrogens with two attached hydrogens (primary N) is 1. The topological polar surface area (TPSA) is 42.2 Å². The lowest BCUT2D eigenvalue weighted by Crippen LogP contribution is -2.18. The van der Waals surface area contributed by atoms with Crippen LogP contribution in [0.3, 0.4) is 0 Å². The minimum Gasteiger partial charge on any atom is -0.384 e. The first kappa shape index (κ1) is 12.5. The Hall–Kier alpha value is -2.55. The molecule has 20 heavy (non-hydrogen) atoms. The Bertz CT molecular complexity index is 723. The highest BCUT2D eigenvalue weighted by Crippen LogP contribution is 2.26. The maximum atomic E-state index is 5.92. The molecule has 0 saturated carbocycles. The average Bonchev–Trinajstić information content (AvgIpc) is 2.47. The van der Waals surface area contributed by atoms with Crippen molar-refractivity contribution in [3.8, 4) is 0 Å². The summed E-state index contributed by atoms with van der Waals surface area (Å²) >= 11 is 0. The molecule has 3 heteroatoms. The first-order chi connectivity index (χ1) is 9.74. The highest BCUT2D eigenvalue weighted by molar-refractivity contribution is 5.93. The van der Waals surface area contributed by atoms with E-state index in [0.29, 0.717) is 5.82 Å². The van der Waals surface area contributed by atoms with Crippen LogP contribution in [0.1, 0.15) is 5.56 Å². The van der Waals surface area contributed by atoms with Crippen LogP contribution in [0, 0.1) is 0 Å². The summed E-state index contributed by atoms with van der Waals surface area (Å²) in [5, 5.41) is 2.25. The van der Waals surface area contributed by atoms with Crippen LogP contribution >= 0.6 is 0 Å². The van der Waals surface area contributed by atoms with E-state index in [0.717, 1.165) is 23.1 Å². The number of pyridine rings is 1. The third kappa shape index (κ3) is 2.43. The minimum absolute atomic E-state index is 0.554. The van der Waals surface area contributed by atoms with Gasteiger partial charge in [-0.3, -0.25) is 0 Å². The molecule has 0 fully saturated rings. The van der Waals surface area contributed by atoms with Gasteiger partial charge in [0.05, 0.1) is 0 Å². The van der Waals surface area contributed by atoms with Crippen molar-refractivity contribution in [2.45, 2.75) is 6.54 Å². The number of fused-ring (bicyclic) bond motifs is 1. The largest absolute Gasteiger partial charge is 0.384 e. The van der Waals surface area contributed by atoms with Crippen molar-refractivity contribution in [3.05, 3.63) is 66.2 Å². The average molecular weight is 263 g/mol. The van der Waals surface area contributed by atoms with Crippen molar-refractivity contribution < 1.29 is 0 Å². The molecule has 0 saturated heterocycles. The molecule has 0 aliphatic heterocycles. The zero-order chi connectivity index (χ0) is 13.9. The van der Waals surface area contributed by atoms with E-state index in [4.69, 9.17) is 5.73 Å². The monoisotopic (exact) mass is 263 g/mol. The number of nitrogen functional groups attached to an aromatic ring is 1. The van der Waals surface area contributed by atoms with Gasteiger partial charge < -0.3 is 10.6 Å². The van der Waals surface area contributed by atoms with Crippen LogP contribution in [-0.2, 0) is 6.54 Å². The van der Waals surface area contributed by atoms with Gasteiger partial charge in [0.15, 0.2) is 0 Å². The molecule has 0 spiro atoms. The summed E-state index contributed by atoms with van der Waals surface area (Å²) in [7, 11) is 2.04. The molecule has 3 nitrogen and oxygen atoms in total. The molecule has 0 unspecified atom stereocenters. The predicted octanol–water partition coefficient (Wildman–Crippen LogP) is 3.45. The van der Waals surface area contributed by atoms with Crippen LogP contribution in [-0.4, -0.2) is 12.0 Å². The van der Waals surface area contributed by atoms with Crippen LogP contribution in [0.15, 0.2) is 60.7 Å². The predicted molar refractivity (Wildman–Crippen MR) is 84.7 cm³/mol. The van der Waals surface area contributed by atoms with Gasteiger partial charge in [-0.2, -0.15) is 0 Å². The van der Waals surface area contributed by atoms with Crippen molar-refractivity contribution in [3.63, 3.8) is 0 Å². The first-order valence-corrected chi connectivity index (χ1v) is 6.64. The van der Waals surface area contributed by atoms with E-state index in [1.165, 1.54) is 5.56 Å². The SMILES string of the molecule is CN(Cc1ccccc1)c1nc(N)cc2ccccc12. The van der Waals surface area contributed by atoms with Gasteiger partial charge in [0.2, 0.25) is 0 Å². The van der Waals surface area contributed by atoms with Gasteiger partial charge in [-0.15, -0.1) is 0 Å². The Morgan fingerprint density at radius 3 is 2.50 bits per heavy atom. The summed E-state index contributed by atoms with van der Waals surface area (Å²) in [5.41, 5.74) is 7.17. The Labute approximate surface area is 118 Å². The Balaban J connectivity index is 2.01. The molecule has 2 aromatic carbocycles.